The Bertz CT molecular complexity index is 572. The van der Waals surface area contributed by atoms with Gasteiger partial charge in [0.2, 0.25) is 0 Å². The molecule has 0 amide bonds. The van der Waals surface area contributed by atoms with Gasteiger partial charge in [0.25, 0.3) is 0 Å². The van der Waals surface area contributed by atoms with Crippen LogP contribution < -0.4 is 5.73 Å². The average Bonchev–Trinajstić information content (AvgIpc) is 2.80. The normalized spacial score (nSPS) is 12.1. The minimum absolute atomic E-state index is 0.211. The fourth-order valence-corrected chi connectivity index (χ4v) is 1.90. The summed E-state index contributed by atoms with van der Waals surface area (Å²) in [6.07, 6.45) is 1.24. The van der Waals surface area contributed by atoms with E-state index in [0.717, 1.165) is 22.5 Å². The standard InChI is InChI=1S/C14H15N3O/c1-3-11(18)13(15)12-9(2)16-17-14(12)10-7-5-4-6-8-10/h3-8,13H,1,15H2,2H3,(H,16,17). The van der Waals surface area contributed by atoms with E-state index in [1.165, 1.54) is 6.08 Å². The lowest BCUT2D eigenvalue weighted by molar-refractivity contribution is -0.115. The molecule has 4 nitrogen and oxygen atoms in total. The Morgan fingerprint density at radius 2 is 2.11 bits per heavy atom. The number of H-pyrrole nitrogens is 1. The van der Waals surface area contributed by atoms with E-state index in [1.807, 2.05) is 37.3 Å². The number of benzene rings is 1. The first-order chi connectivity index (χ1) is 8.65. The van der Waals surface area contributed by atoms with E-state index in [1.54, 1.807) is 0 Å². The molecule has 0 radical (unpaired) electrons. The highest BCUT2D eigenvalue weighted by molar-refractivity contribution is 5.95. The summed E-state index contributed by atoms with van der Waals surface area (Å²) < 4.78 is 0. The number of nitrogens with two attached hydrogens (primary N) is 1. The van der Waals surface area contributed by atoms with E-state index in [0.29, 0.717) is 0 Å². The van der Waals surface area contributed by atoms with Crippen LogP contribution in [0, 0.1) is 6.92 Å². The molecule has 0 aliphatic heterocycles. The van der Waals surface area contributed by atoms with Crippen molar-refractivity contribution in [2.45, 2.75) is 13.0 Å². The zero-order valence-electron chi connectivity index (χ0n) is 10.2. The number of hydrogen-bond donors (Lipinski definition) is 2. The van der Waals surface area contributed by atoms with Crippen molar-refractivity contribution in [1.82, 2.24) is 10.2 Å². The largest absolute Gasteiger partial charge is 0.317 e. The van der Waals surface area contributed by atoms with Gasteiger partial charge in [-0.05, 0) is 13.0 Å². The lowest BCUT2D eigenvalue weighted by Crippen LogP contribution is -2.20. The van der Waals surface area contributed by atoms with Crippen LogP contribution in [0.3, 0.4) is 0 Å². The smallest absolute Gasteiger partial charge is 0.176 e. The summed E-state index contributed by atoms with van der Waals surface area (Å²) in [5, 5.41) is 7.11. The van der Waals surface area contributed by atoms with Gasteiger partial charge in [0.1, 0.15) is 0 Å². The molecular formula is C14H15N3O. The van der Waals surface area contributed by atoms with Gasteiger partial charge < -0.3 is 5.73 Å². The van der Waals surface area contributed by atoms with E-state index in [9.17, 15) is 4.79 Å². The molecule has 2 aromatic rings. The molecule has 0 saturated heterocycles. The Balaban J connectivity index is 2.52. The second-order valence-electron chi connectivity index (χ2n) is 4.06. The van der Waals surface area contributed by atoms with E-state index < -0.39 is 6.04 Å². The number of carbonyl (C=O) groups excluding carboxylic acids is 1. The van der Waals surface area contributed by atoms with Crippen LogP contribution in [0.2, 0.25) is 0 Å². The second-order valence-corrected chi connectivity index (χ2v) is 4.06. The van der Waals surface area contributed by atoms with Crippen LogP contribution in [-0.2, 0) is 4.79 Å². The quantitative estimate of drug-likeness (QED) is 0.805. The number of aryl methyl sites for hydroxylation is 1. The first kappa shape index (κ1) is 12.3. The second kappa shape index (κ2) is 4.98. The van der Waals surface area contributed by atoms with E-state index in [2.05, 4.69) is 16.8 Å². The van der Waals surface area contributed by atoms with Crippen molar-refractivity contribution in [3.05, 3.63) is 54.2 Å². The number of hydrogen-bond acceptors (Lipinski definition) is 3. The monoisotopic (exact) mass is 241 g/mol. The first-order valence-electron chi connectivity index (χ1n) is 5.67. The topological polar surface area (TPSA) is 71.8 Å². The third-order valence-corrected chi connectivity index (χ3v) is 2.86. The van der Waals surface area contributed by atoms with Crippen LogP contribution in [-0.4, -0.2) is 16.0 Å². The molecule has 1 atom stereocenters. The van der Waals surface area contributed by atoms with Crippen molar-refractivity contribution in [3.63, 3.8) is 0 Å². The van der Waals surface area contributed by atoms with Crippen LogP contribution in [0.15, 0.2) is 43.0 Å². The molecule has 0 fully saturated rings. The molecule has 2 rings (SSSR count). The molecule has 1 unspecified atom stereocenters. The number of aromatic amines is 1. The van der Waals surface area contributed by atoms with Gasteiger partial charge in [-0.3, -0.25) is 9.89 Å². The predicted octanol–water partition coefficient (Wildman–Crippen LogP) is 2.14. The summed E-state index contributed by atoms with van der Waals surface area (Å²) in [6, 6.07) is 8.91. The van der Waals surface area contributed by atoms with E-state index in [-0.39, 0.29) is 5.78 Å². The minimum atomic E-state index is -0.726. The highest BCUT2D eigenvalue weighted by Crippen LogP contribution is 2.28. The van der Waals surface area contributed by atoms with E-state index in [4.69, 9.17) is 5.73 Å². The molecule has 0 spiro atoms. The number of rotatable bonds is 4. The number of nitrogens with one attached hydrogen (secondary N) is 1. The summed E-state index contributed by atoms with van der Waals surface area (Å²) in [4.78, 5) is 11.7. The highest BCUT2D eigenvalue weighted by Gasteiger charge is 2.22. The van der Waals surface area contributed by atoms with Gasteiger partial charge >= 0.3 is 0 Å². The molecule has 18 heavy (non-hydrogen) atoms. The Kier molecular flexibility index (Phi) is 3.39. The van der Waals surface area contributed by atoms with Gasteiger partial charge in [-0.25, -0.2) is 0 Å². The zero-order valence-corrected chi connectivity index (χ0v) is 10.2. The number of carbonyl (C=O) groups is 1. The van der Waals surface area contributed by atoms with Gasteiger partial charge in [-0.1, -0.05) is 36.9 Å². The first-order valence-corrected chi connectivity index (χ1v) is 5.67. The van der Waals surface area contributed by atoms with Gasteiger partial charge in [0.15, 0.2) is 5.78 Å². The van der Waals surface area contributed by atoms with Gasteiger partial charge in [-0.15, -0.1) is 0 Å². The Hall–Kier alpha value is -2.20. The molecule has 1 aromatic carbocycles. The fraction of sp³-hybridized carbons (Fsp3) is 0.143. The van der Waals surface area contributed by atoms with Crippen molar-refractivity contribution in [2.24, 2.45) is 5.73 Å². The lowest BCUT2D eigenvalue weighted by atomic mass is 9.97. The molecular weight excluding hydrogens is 226 g/mol. The molecule has 0 bridgehead atoms. The highest BCUT2D eigenvalue weighted by atomic mass is 16.1. The molecule has 1 heterocycles. The van der Waals surface area contributed by atoms with E-state index >= 15 is 0 Å². The van der Waals surface area contributed by atoms with Gasteiger partial charge in [0.05, 0.1) is 11.7 Å². The SMILES string of the molecule is C=CC(=O)C(N)c1c(-c2ccccc2)n[nH]c1C. The maximum atomic E-state index is 11.7. The third-order valence-electron chi connectivity index (χ3n) is 2.86. The average molecular weight is 241 g/mol. The summed E-state index contributed by atoms with van der Waals surface area (Å²) in [5.41, 5.74) is 9.13. The molecule has 4 heteroatoms. The molecule has 0 aliphatic carbocycles. The Morgan fingerprint density at radius 1 is 1.44 bits per heavy atom. The Morgan fingerprint density at radius 3 is 2.72 bits per heavy atom. The zero-order chi connectivity index (χ0) is 13.1. The number of aromatic nitrogens is 2. The van der Waals surface area contributed by atoms with Crippen molar-refractivity contribution in [3.8, 4) is 11.3 Å². The Labute approximate surface area is 106 Å². The summed E-state index contributed by atoms with van der Waals surface area (Å²) in [6.45, 7) is 5.32. The van der Waals surface area contributed by atoms with Crippen molar-refractivity contribution < 1.29 is 4.79 Å². The fourth-order valence-electron chi connectivity index (χ4n) is 1.90. The lowest BCUT2D eigenvalue weighted by Gasteiger charge is -2.10. The van der Waals surface area contributed by atoms with Gasteiger partial charge in [0, 0.05) is 16.8 Å². The van der Waals surface area contributed by atoms with Crippen molar-refractivity contribution >= 4 is 5.78 Å². The predicted molar refractivity (Wildman–Crippen MR) is 70.9 cm³/mol. The van der Waals surface area contributed by atoms with Gasteiger partial charge in [-0.2, -0.15) is 5.10 Å². The molecule has 92 valence electrons. The van der Waals surface area contributed by atoms with Crippen LogP contribution in [0.4, 0.5) is 0 Å². The molecule has 0 saturated carbocycles. The molecule has 1 aromatic heterocycles. The van der Waals surface area contributed by atoms with Crippen LogP contribution in [0.1, 0.15) is 17.3 Å². The van der Waals surface area contributed by atoms with Crippen LogP contribution in [0.5, 0.6) is 0 Å². The summed E-state index contributed by atoms with van der Waals surface area (Å²) in [5.74, 6) is -0.211. The summed E-state index contributed by atoms with van der Waals surface area (Å²) in [7, 11) is 0. The van der Waals surface area contributed by atoms with Crippen LogP contribution in [0.25, 0.3) is 11.3 Å². The number of nitrogens with zero attached hydrogens (tertiary/aromatic N) is 1. The van der Waals surface area contributed by atoms with Crippen molar-refractivity contribution in [2.75, 3.05) is 0 Å². The maximum Gasteiger partial charge on any atom is 0.176 e. The van der Waals surface area contributed by atoms with Crippen LogP contribution >= 0.6 is 0 Å². The molecule has 3 N–H and O–H groups in total. The van der Waals surface area contributed by atoms with Crippen molar-refractivity contribution in [1.29, 1.82) is 0 Å². The summed E-state index contributed by atoms with van der Waals surface area (Å²) >= 11 is 0. The minimum Gasteiger partial charge on any atom is -0.317 e. The number of ketones is 1. The maximum absolute atomic E-state index is 11.7. The third kappa shape index (κ3) is 2.10. The molecule has 0 aliphatic rings.